The van der Waals surface area contributed by atoms with E-state index in [1.54, 1.807) is 0 Å². The molecule has 1 saturated carbocycles. The molecule has 96 valence electrons. The molecule has 2 rings (SSSR count). The standard InChI is InChI=1S/C13H23N3O/c1-4-17-9-5-6-14-12-15-7-8-16(12)11-10-13(11,2)3/h7-8,11H,4-6,9-10H2,1-3H3,(H,14,15). The van der Waals surface area contributed by atoms with Gasteiger partial charge in [0.2, 0.25) is 5.95 Å². The van der Waals surface area contributed by atoms with Crippen molar-refractivity contribution in [3.8, 4) is 0 Å². The summed E-state index contributed by atoms with van der Waals surface area (Å²) in [5, 5.41) is 3.38. The fraction of sp³-hybridized carbons (Fsp3) is 0.769. The molecule has 1 atom stereocenters. The van der Waals surface area contributed by atoms with E-state index in [0.29, 0.717) is 11.5 Å². The summed E-state index contributed by atoms with van der Waals surface area (Å²) in [6.45, 7) is 9.16. The van der Waals surface area contributed by atoms with E-state index in [-0.39, 0.29) is 0 Å². The summed E-state index contributed by atoms with van der Waals surface area (Å²) < 4.78 is 7.57. The molecule has 1 N–H and O–H groups in total. The molecule has 1 aromatic rings. The van der Waals surface area contributed by atoms with Crippen molar-refractivity contribution in [2.45, 2.75) is 39.7 Å². The van der Waals surface area contributed by atoms with Crippen molar-refractivity contribution in [1.82, 2.24) is 9.55 Å². The molecule has 0 spiro atoms. The van der Waals surface area contributed by atoms with Gasteiger partial charge in [0.15, 0.2) is 0 Å². The fourth-order valence-electron chi connectivity index (χ4n) is 2.13. The maximum absolute atomic E-state index is 5.31. The van der Waals surface area contributed by atoms with Gasteiger partial charge in [0, 0.05) is 38.2 Å². The summed E-state index contributed by atoms with van der Waals surface area (Å²) in [5.74, 6) is 0.997. The number of nitrogens with zero attached hydrogens (tertiary/aromatic N) is 2. The molecule has 1 heterocycles. The van der Waals surface area contributed by atoms with Gasteiger partial charge in [0.05, 0.1) is 0 Å². The van der Waals surface area contributed by atoms with E-state index in [9.17, 15) is 0 Å². The number of nitrogens with one attached hydrogen (secondary N) is 1. The Morgan fingerprint density at radius 3 is 3.00 bits per heavy atom. The van der Waals surface area contributed by atoms with Crippen molar-refractivity contribution in [2.75, 3.05) is 25.1 Å². The minimum Gasteiger partial charge on any atom is -0.382 e. The number of ether oxygens (including phenoxy) is 1. The molecule has 1 aromatic heterocycles. The third kappa shape index (κ3) is 3.00. The van der Waals surface area contributed by atoms with Crippen molar-refractivity contribution < 1.29 is 4.74 Å². The lowest BCUT2D eigenvalue weighted by atomic mass is 10.2. The summed E-state index contributed by atoms with van der Waals surface area (Å²) in [5.41, 5.74) is 0.433. The van der Waals surface area contributed by atoms with Crippen LogP contribution in [0.1, 0.15) is 39.7 Å². The number of anilines is 1. The minimum atomic E-state index is 0.433. The second-order valence-electron chi connectivity index (χ2n) is 5.34. The Bertz CT molecular complexity index is 359. The van der Waals surface area contributed by atoms with Gasteiger partial charge < -0.3 is 14.6 Å². The largest absolute Gasteiger partial charge is 0.382 e. The summed E-state index contributed by atoms with van der Waals surface area (Å²) in [4.78, 5) is 4.37. The first kappa shape index (κ1) is 12.4. The van der Waals surface area contributed by atoms with Crippen LogP contribution < -0.4 is 5.32 Å². The van der Waals surface area contributed by atoms with E-state index < -0.39 is 0 Å². The molecule has 1 aliphatic rings. The highest BCUT2D eigenvalue weighted by molar-refractivity contribution is 5.29. The molecule has 0 aromatic carbocycles. The highest BCUT2D eigenvalue weighted by Gasteiger charge is 2.47. The lowest BCUT2D eigenvalue weighted by Gasteiger charge is -2.11. The second kappa shape index (κ2) is 5.08. The molecule has 1 fully saturated rings. The number of rotatable bonds is 7. The van der Waals surface area contributed by atoms with Crippen LogP contribution in [0.4, 0.5) is 5.95 Å². The maximum Gasteiger partial charge on any atom is 0.203 e. The number of hydrogen-bond donors (Lipinski definition) is 1. The van der Waals surface area contributed by atoms with Gasteiger partial charge in [-0.05, 0) is 25.2 Å². The van der Waals surface area contributed by atoms with Crippen LogP contribution in [0.2, 0.25) is 0 Å². The van der Waals surface area contributed by atoms with Crippen molar-refractivity contribution in [2.24, 2.45) is 5.41 Å². The van der Waals surface area contributed by atoms with Gasteiger partial charge in [0.1, 0.15) is 0 Å². The molecule has 1 aliphatic carbocycles. The highest BCUT2D eigenvalue weighted by Crippen LogP contribution is 2.56. The predicted octanol–water partition coefficient (Wildman–Crippen LogP) is 2.69. The quantitative estimate of drug-likeness (QED) is 0.741. The van der Waals surface area contributed by atoms with Gasteiger partial charge in [-0.3, -0.25) is 0 Å². The Balaban J connectivity index is 1.79. The molecule has 0 bridgehead atoms. The molecule has 4 nitrogen and oxygen atoms in total. The Labute approximate surface area is 103 Å². The summed E-state index contributed by atoms with van der Waals surface area (Å²) >= 11 is 0. The zero-order valence-corrected chi connectivity index (χ0v) is 11.1. The highest BCUT2D eigenvalue weighted by atomic mass is 16.5. The Hall–Kier alpha value is -1.03. The first-order valence-electron chi connectivity index (χ1n) is 6.49. The summed E-state index contributed by atoms with van der Waals surface area (Å²) in [6.07, 6.45) is 6.22. The van der Waals surface area contributed by atoms with Crippen LogP contribution >= 0.6 is 0 Å². The molecule has 0 saturated heterocycles. The third-order valence-electron chi connectivity index (χ3n) is 3.42. The number of aromatic nitrogens is 2. The lowest BCUT2D eigenvalue weighted by molar-refractivity contribution is 0.147. The molecule has 4 heteroatoms. The van der Waals surface area contributed by atoms with Crippen molar-refractivity contribution >= 4 is 5.95 Å². The zero-order chi connectivity index (χ0) is 12.3. The first-order valence-corrected chi connectivity index (χ1v) is 6.49. The molecule has 17 heavy (non-hydrogen) atoms. The van der Waals surface area contributed by atoms with Crippen molar-refractivity contribution in [3.63, 3.8) is 0 Å². The average Bonchev–Trinajstić information content (AvgIpc) is 2.74. The Kier molecular flexibility index (Phi) is 3.72. The summed E-state index contributed by atoms with van der Waals surface area (Å²) in [7, 11) is 0. The van der Waals surface area contributed by atoms with Crippen LogP contribution in [0.3, 0.4) is 0 Å². The smallest absolute Gasteiger partial charge is 0.203 e. The SMILES string of the molecule is CCOCCCNc1nccn1C1CC1(C)C. The molecular weight excluding hydrogens is 214 g/mol. The molecule has 0 radical (unpaired) electrons. The average molecular weight is 237 g/mol. The van der Waals surface area contributed by atoms with Gasteiger partial charge in [-0.25, -0.2) is 4.98 Å². The van der Waals surface area contributed by atoms with Crippen LogP contribution in [-0.2, 0) is 4.74 Å². The monoisotopic (exact) mass is 237 g/mol. The number of hydrogen-bond acceptors (Lipinski definition) is 3. The molecular formula is C13H23N3O. The minimum absolute atomic E-state index is 0.433. The molecule has 1 unspecified atom stereocenters. The van der Waals surface area contributed by atoms with Gasteiger partial charge in [0.25, 0.3) is 0 Å². The second-order valence-corrected chi connectivity index (χ2v) is 5.34. The maximum atomic E-state index is 5.31. The van der Waals surface area contributed by atoms with E-state index in [1.807, 2.05) is 13.1 Å². The van der Waals surface area contributed by atoms with E-state index in [1.165, 1.54) is 6.42 Å². The lowest BCUT2D eigenvalue weighted by Crippen LogP contribution is -2.11. The van der Waals surface area contributed by atoms with Crippen molar-refractivity contribution in [1.29, 1.82) is 0 Å². The predicted molar refractivity (Wildman–Crippen MR) is 69.3 cm³/mol. The van der Waals surface area contributed by atoms with E-state index >= 15 is 0 Å². The van der Waals surface area contributed by atoms with Gasteiger partial charge in [-0.2, -0.15) is 0 Å². The van der Waals surface area contributed by atoms with E-state index in [2.05, 4.69) is 34.9 Å². The van der Waals surface area contributed by atoms with Crippen LogP contribution in [0, 0.1) is 5.41 Å². The van der Waals surface area contributed by atoms with Gasteiger partial charge >= 0.3 is 0 Å². The summed E-state index contributed by atoms with van der Waals surface area (Å²) in [6, 6.07) is 0.611. The van der Waals surface area contributed by atoms with Crippen LogP contribution in [0.15, 0.2) is 12.4 Å². The fourth-order valence-corrected chi connectivity index (χ4v) is 2.13. The van der Waals surface area contributed by atoms with E-state index in [4.69, 9.17) is 4.74 Å². The van der Waals surface area contributed by atoms with Crippen molar-refractivity contribution in [3.05, 3.63) is 12.4 Å². The molecule has 0 aliphatic heterocycles. The van der Waals surface area contributed by atoms with E-state index in [0.717, 1.165) is 32.1 Å². The van der Waals surface area contributed by atoms with Crippen LogP contribution in [0.25, 0.3) is 0 Å². The normalized spacial score (nSPS) is 21.5. The zero-order valence-electron chi connectivity index (χ0n) is 11.1. The Morgan fingerprint density at radius 2 is 2.35 bits per heavy atom. The number of imidazole rings is 1. The third-order valence-corrected chi connectivity index (χ3v) is 3.42. The Morgan fingerprint density at radius 1 is 1.59 bits per heavy atom. The van der Waals surface area contributed by atoms with Crippen LogP contribution in [0.5, 0.6) is 0 Å². The van der Waals surface area contributed by atoms with Gasteiger partial charge in [-0.1, -0.05) is 13.8 Å². The van der Waals surface area contributed by atoms with Gasteiger partial charge in [-0.15, -0.1) is 0 Å². The topological polar surface area (TPSA) is 39.1 Å². The first-order chi connectivity index (χ1) is 8.15. The molecule has 0 amide bonds. The van der Waals surface area contributed by atoms with Crippen LogP contribution in [-0.4, -0.2) is 29.3 Å².